The largest absolute Gasteiger partial charge is 0.299 e. The predicted octanol–water partition coefficient (Wildman–Crippen LogP) is 2.84. The summed E-state index contributed by atoms with van der Waals surface area (Å²) < 4.78 is 0. The molecule has 0 aromatic heterocycles. The van der Waals surface area contributed by atoms with E-state index < -0.39 is 11.7 Å². The van der Waals surface area contributed by atoms with Gasteiger partial charge in [0, 0.05) is 6.54 Å². The van der Waals surface area contributed by atoms with Gasteiger partial charge in [-0.2, -0.15) is 0 Å². The van der Waals surface area contributed by atoms with Gasteiger partial charge in [-0.05, 0) is 26.0 Å². The Labute approximate surface area is 105 Å². The third kappa shape index (κ3) is 1.98. The van der Waals surface area contributed by atoms with Crippen molar-refractivity contribution >= 4 is 29.0 Å². The molecule has 3 nitrogen and oxygen atoms in total. The highest BCUT2D eigenvalue weighted by atomic mass is 35.5. The van der Waals surface area contributed by atoms with Crippen LogP contribution in [0.25, 0.3) is 0 Å². The van der Waals surface area contributed by atoms with Crippen molar-refractivity contribution in [1.29, 1.82) is 0 Å². The van der Waals surface area contributed by atoms with E-state index in [1.165, 1.54) is 4.90 Å². The van der Waals surface area contributed by atoms with Crippen LogP contribution in [-0.2, 0) is 4.79 Å². The van der Waals surface area contributed by atoms with Crippen LogP contribution in [0.5, 0.6) is 0 Å². The summed E-state index contributed by atoms with van der Waals surface area (Å²) in [5.41, 5.74) is 2.01. The molecule has 0 bridgehead atoms. The number of hydrogen-bond acceptors (Lipinski definition) is 2. The fraction of sp³-hybridized carbons (Fsp3) is 0.231. The molecule has 2 rings (SSSR count). The Morgan fingerprint density at radius 3 is 2.71 bits per heavy atom. The first-order valence-corrected chi connectivity index (χ1v) is 5.68. The van der Waals surface area contributed by atoms with Gasteiger partial charge in [0.2, 0.25) is 0 Å². The molecule has 1 aliphatic heterocycles. The number of carbonyl (C=O) groups is 2. The molecule has 0 atom stereocenters. The van der Waals surface area contributed by atoms with Crippen LogP contribution in [0.3, 0.4) is 0 Å². The number of nitrogens with zero attached hydrogens (tertiary/aromatic N) is 1. The first-order chi connectivity index (χ1) is 8.02. The fourth-order valence-corrected chi connectivity index (χ4v) is 2.04. The minimum Gasteiger partial charge on any atom is -0.299 e. The van der Waals surface area contributed by atoms with Crippen molar-refractivity contribution in [2.45, 2.75) is 13.8 Å². The summed E-state index contributed by atoms with van der Waals surface area (Å²) in [4.78, 5) is 25.0. The van der Waals surface area contributed by atoms with Gasteiger partial charge in [0.15, 0.2) is 0 Å². The second-order valence-corrected chi connectivity index (χ2v) is 4.57. The van der Waals surface area contributed by atoms with Crippen molar-refractivity contribution in [2.75, 3.05) is 11.4 Å². The molecule has 0 fully saturated rings. The van der Waals surface area contributed by atoms with Gasteiger partial charge in [0.05, 0.1) is 16.3 Å². The SMILES string of the molecule is CC(C)=CCN1C(=O)C(=O)c2cccc(Cl)c21. The molecular weight excluding hydrogens is 238 g/mol. The molecule has 88 valence electrons. The molecule has 0 saturated heterocycles. The number of amides is 1. The van der Waals surface area contributed by atoms with E-state index in [2.05, 4.69) is 0 Å². The molecule has 17 heavy (non-hydrogen) atoms. The molecule has 0 spiro atoms. The number of halogens is 1. The Hall–Kier alpha value is -1.61. The summed E-state index contributed by atoms with van der Waals surface area (Å²) in [5.74, 6) is -0.991. The highest BCUT2D eigenvalue weighted by Crippen LogP contribution is 2.35. The molecule has 1 aromatic rings. The lowest BCUT2D eigenvalue weighted by atomic mass is 10.1. The second-order valence-electron chi connectivity index (χ2n) is 4.16. The van der Waals surface area contributed by atoms with Gasteiger partial charge >= 0.3 is 0 Å². The van der Waals surface area contributed by atoms with E-state index in [0.717, 1.165) is 5.57 Å². The lowest BCUT2D eigenvalue weighted by Crippen LogP contribution is -2.30. The van der Waals surface area contributed by atoms with Gasteiger partial charge in [-0.3, -0.25) is 14.5 Å². The van der Waals surface area contributed by atoms with Crippen LogP contribution in [0.1, 0.15) is 24.2 Å². The van der Waals surface area contributed by atoms with Crippen LogP contribution < -0.4 is 4.90 Å². The molecule has 1 heterocycles. The monoisotopic (exact) mass is 249 g/mol. The predicted molar refractivity (Wildman–Crippen MR) is 67.6 cm³/mol. The summed E-state index contributed by atoms with van der Waals surface area (Å²) in [5, 5.41) is 0.434. The topological polar surface area (TPSA) is 37.4 Å². The summed E-state index contributed by atoms with van der Waals surface area (Å²) in [6.07, 6.45) is 1.89. The maximum absolute atomic E-state index is 11.8. The van der Waals surface area contributed by atoms with Crippen molar-refractivity contribution in [3.05, 3.63) is 40.4 Å². The standard InChI is InChI=1S/C13H12ClNO2/c1-8(2)6-7-15-11-9(12(16)13(15)17)4-3-5-10(11)14/h3-6H,7H2,1-2H3. The normalized spacial score (nSPS) is 13.9. The number of benzene rings is 1. The summed E-state index contributed by atoms with van der Waals surface area (Å²) in [6.45, 7) is 4.26. The Balaban J connectivity index is 2.47. The highest BCUT2D eigenvalue weighted by molar-refractivity contribution is 6.54. The van der Waals surface area contributed by atoms with E-state index in [1.54, 1.807) is 18.2 Å². The molecule has 1 aromatic carbocycles. The van der Waals surface area contributed by atoms with E-state index in [-0.39, 0.29) is 0 Å². The maximum atomic E-state index is 11.8. The molecule has 0 aliphatic carbocycles. The summed E-state index contributed by atoms with van der Waals surface area (Å²) >= 11 is 6.04. The zero-order valence-electron chi connectivity index (χ0n) is 9.66. The van der Waals surface area contributed by atoms with Crippen molar-refractivity contribution in [3.8, 4) is 0 Å². The number of rotatable bonds is 2. The smallest absolute Gasteiger partial charge is 0.299 e. The fourth-order valence-electron chi connectivity index (χ4n) is 1.76. The molecular formula is C13H12ClNO2. The van der Waals surface area contributed by atoms with Gasteiger partial charge in [0.1, 0.15) is 0 Å². The van der Waals surface area contributed by atoms with E-state index in [1.807, 2.05) is 19.9 Å². The average molecular weight is 250 g/mol. The number of anilines is 1. The zero-order chi connectivity index (χ0) is 12.6. The number of allylic oxidation sites excluding steroid dienone is 1. The van der Waals surface area contributed by atoms with Crippen LogP contribution >= 0.6 is 11.6 Å². The molecule has 0 radical (unpaired) electrons. The van der Waals surface area contributed by atoms with Gasteiger partial charge in [0.25, 0.3) is 11.7 Å². The van der Waals surface area contributed by atoms with Crippen molar-refractivity contribution in [3.63, 3.8) is 0 Å². The maximum Gasteiger partial charge on any atom is 0.299 e. The van der Waals surface area contributed by atoms with Crippen LogP contribution in [-0.4, -0.2) is 18.2 Å². The lowest BCUT2D eigenvalue weighted by molar-refractivity contribution is -0.114. The number of para-hydroxylation sites is 1. The Morgan fingerprint density at radius 2 is 2.06 bits per heavy atom. The average Bonchev–Trinajstić information content (AvgIpc) is 2.52. The molecule has 1 amide bonds. The summed E-state index contributed by atoms with van der Waals surface area (Å²) in [7, 11) is 0. The molecule has 0 N–H and O–H groups in total. The van der Waals surface area contributed by atoms with E-state index >= 15 is 0 Å². The van der Waals surface area contributed by atoms with Crippen LogP contribution in [0.15, 0.2) is 29.8 Å². The second kappa shape index (κ2) is 4.34. The van der Waals surface area contributed by atoms with E-state index in [9.17, 15) is 9.59 Å². The van der Waals surface area contributed by atoms with Gasteiger partial charge in [-0.15, -0.1) is 0 Å². The van der Waals surface area contributed by atoms with Crippen molar-refractivity contribution in [2.24, 2.45) is 0 Å². The zero-order valence-corrected chi connectivity index (χ0v) is 10.4. The Kier molecular flexibility index (Phi) is 3.03. The molecule has 0 unspecified atom stereocenters. The lowest BCUT2D eigenvalue weighted by Gasteiger charge is -2.15. The molecule has 0 saturated carbocycles. The third-order valence-electron chi connectivity index (χ3n) is 2.62. The first kappa shape index (κ1) is 11.9. The van der Waals surface area contributed by atoms with E-state index in [0.29, 0.717) is 22.8 Å². The van der Waals surface area contributed by atoms with Crippen LogP contribution in [0, 0.1) is 0 Å². The minimum atomic E-state index is -0.509. The quantitative estimate of drug-likeness (QED) is 0.597. The van der Waals surface area contributed by atoms with Crippen molar-refractivity contribution < 1.29 is 9.59 Å². The van der Waals surface area contributed by atoms with Gasteiger partial charge < -0.3 is 0 Å². The van der Waals surface area contributed by atoms with Crippen LogP contribution in [0.2, 0.25) is 5.02 Å². The molecule has 1 aliphatic rings. The third-order valence-corrected chi connectivity index (χ3v) is 2.93. The minimum absolute atomic E-state index is 0.379. The Morgan fingerprint density at radius 1 is 1.35 bits per heavy atom. The van der Waals surface area contributed by atoms with Gasteiger partial charge in [-0.1, -0.05) is 29.3 Å². The molecule has 4 heteroatoms. The first-order valence-electron chi connectivity index (χ1n) is 5.30. The Bertz CT molecular complexity index is 530. The number of fused-ring (bicyclic) bond motifs is 1. The number of ketones is 1. The van der Waals surface area contributed by atoms with Gasteiger partial charge in [-0.25, -0.2) is 0 Å². The van der Waals surface area contributed by atoms with Crippen LogP contribution in [0.4, 0.5) is 5.69 Å². The highest BCUT2D eigenvalue weighted by Gasteiger charge is 2.36. The van der Waals surface area contributed by atoms with Crippen molar-refractivity contribution in [1.82, 2.24) is 0 Å². The summed E-state index contributed by atoms with van der Waals surface area (Å²) in [6, 6.07) is 4.99. The number of Topliss-reactive ketones (excluding diaryl/α,β-unsaturated/α-hetero) is 1. The number of hydrogen-bond donors (Lipinski definition) is 0. The van der Waals surface area contributed by atoms with E-state index in [4.69, 9.17) is 11.6 Å². The number of carbonyl (C=O) groups excluding carboxylic acids is 2.